The molecule has 0 atom stereocenters. The van der Waals surface area contributed by atoms with Crippen LogP contribution in [0.3, 0.4) is 0 Å². The Kier molecular flexibility index (Phi) is 6.51. The Morgan fingerprint density at radius 1 is 0.667 bits per heavy atom. The van der Waals surface area contributed by atoms with Crippen molar-refractivity contribution in [1.82, 2.24) is 0 Å². The van der Waals surface area contributed by atoms with Gasteiger partial charge in [-0.05, 0) is 40.0 Å². The standard InChI is InChI=1S/C14H32N/c1-7-14(8-2,9-3)13-15(10-4,11-5)12-6/h7-13H2,1-6H3/q+1. The van der Waals surface area contributed by atoms with Crippen LogP contribution in [0.15, 0.2) is 0 Å². The highest BCUT2D eigenvalue weighted by molar-refractivity contribution is 4.75. The van der Waals surface area contributed by atoms with Gasteiger partial charge in [0.2, 0.25) is 0 Å². The quantitative estimate of drug-likeness (QED) is 0.534. The summed E-state index contributed by atoms with van der Waals surface area (Å²) in [4.78, 5) is 0. The van der Waals surface area contributed by atoms with Gasteiger partial charge in [-0.1, -0.05) is 20.8 Å². The third-order valence-electron chi connectivity index (χ3n) is 4.93. The second-order valence-electron chi connectivity index (χ2n) is 5.01. The molecule has 0 spiro atoms. The lowest BCUT2D eigenvalue weighted by molar-refractivity contribution is -0.929. The van der Waals surface area contributed by atoms with Crippen molar-refractivity contribution in [3.8, 4) is 0 Å². The molecule has 0 aromatic rings. The zero-order chi connectivity index (χ0) is 11.9. The van der Waals surface area contributed by atoms with Crippen LogP contribution in [0.5, 0.6) is 0 Å². The molecule has 0 aromatic heterocycles. The summed E-state index contributed by atoms with van der Waals surface area (Å²) in [5.41, 5.74) is 0.585. The average Bonchev–Trinajstić information content (AvgIpc) is 2.33. The lowest BCUT2D eigenvalue weighted by atomic mass is 9.78. The first-order valence-electron chi connectivity index (χ1n) is 6.92. The summed E-state index contributed by atoms with van der Waals surface area (Å²) in [5, 5.41) is 0. The van der Waals surface area contributed by atoms with Gasteiger partial charge < -0.3 is 4.48 Å². The molecule has 1 heteroatoms. The fourth-order valence-corrected chi connectivity index (χ4v) is 2.80. The molecular formula is C14H32N+. The number of hydrogen-bond donors (Lipinski definition) is 0. The van der Waals surface area contributed by atoms with Crippen LogP contribution < -0.4 is 0 Å². The summed E-state index contributed by atoms with van der Waals surface area (Å²) >= 11 is 0. The van der Waals surface area contributed by atoms with Crippen LogP contribution in [0, 0.1) is 5.41 Å². The van der Waals surface area contributed by atoms with E-state index in [1.807, 2.05) is 0 Å². The normalized spacial score (nSPS) is 13.2. The average molecular weight is 214 g/mol. The summed E-state index contributed by atoms with van der Waals surface area (Å²) in [6.45, 7) is 19.4. The lowest BCUT2D eigenvalue weighted by Gasteiger charge is -2.44. The molecule has 0 aliphatic rings. The van der Waals surface area contributed by atoms with Gasteiger partial charge in [0.1, 0.15) is 0 Å². The molecule has 0 fully saturated rings. The van der Waals surface area contributed by atoms with Crippen molar-refractivity contribution in [2.24, 2.45) is 5.41 Å². The van der Waals surface area contributed by atoms with Crippen LogP contribution in [0.25, 0.3) is 0 Å². The van der Waals surface area contributed by atoms with E-state index in [1.54, 1.807) is 0 Å². The lowest BCUT2D eigenvalue weighted by Crippen LogP contribution is -2.53. The molecule has 1 nitrogen and oxygen atoms in total. The highest BCUT2D eigenvalue weighted by Gasteiger charge is 2.34. The van der Waals surface area contributed by atoms with Crippen molar-refractivity contribution in [3.05, 3.63) is 0 Å². The van der Waals surface area contributed by atoms with Gasteiger partial charge in [0.05, 0.1) is 26.2 Å². The van der Waals surface area contributed by atoms with E-state index in [4.69, 9.17) is 0 Å². The first kappa shape index (κ1) is 15.0. The van der Waals surface area contributed by atoms with Crippen LogP contribution in [0.4, 0.5) is 0 Å². The van der Waals surface area contributed by atoms with Crippen LogP contribution >= 0.6 is 0 Å². The smallest absolute Gasteiger partial charge is 0.0843 e. The number of hydrogen-bond acceptors (Lipinski definition) is 0. The second-order valence-corrected chi connectivity index (χ2v) is 5.01. The Labute approximate surface area is 97.5 Å². The predicted octanol–water partition coefficient (Wildman–Crippen LogP) is 4.08. The third kappa shape index (κ3) is 3.48. The molecule has 0 saturated carbocycles. The maximum atomic E-state index is 2.36. The SMILES string of the molecule is CCC(CC)(CC)C[N+](CC)(CC)CC. The van der Waals surface area contributed by atoms with E-state index in [0.29, 0.717) is 5.41 Å². The zero-order valence-electron chi connectivity index (χ0n) is 11.9. The van der Waals surface area contributed by atoms with Crippen LogP contribution in [-0.4, -0.2) is 30.7 Å². The van der Waals surface area contributed by atoms with Crippen molar-refractivity contribution in [1.29, 1.82) is 0 Å². The largest absolute Gasteiger partial charge is 0.324 e. The Balaban J connectivity index is 4.74. The third-order valence-corrected chi connectivity index (χ3v) is 4.93. The minimum atomic E-state index is 0.585. The minimum absolute atomic E-state index is 0.585. The van der Waals surface area contributed by atoms with Crippen molar-refractivity contribution in [2.45, 2.75) is 60.8 Å². The molecule has 0 N–H and O–H groups in total. The molecule has 0 rings (SSSR count). The molecule has 0 aliphatic heterocycles. The Hall–Kier alpha value is -0.0400. The fraction of sp³-hybridized carbons (Fsp3) is 1.00. The van der Waals surface area contributed by atoms with Gasteiger partial charge in [-0.3, -0.25) is 0 Å². The molecule has 0 saturated heterocycles. The topological polar surface area (TPSA) is 0 Å². The summed E-state index contributed by atoms with van der Waals surface area (Å²) in [6.07, 6.45) is 4.00. The van der Waals surface area contributed by atoms with Crippen molar-refractivity contribution in [3.63, 3.8) is 0 Å². The molecule has 0 radical (unpaired) electrons. The maximum Gasteiger partial charge on any atom is 0.0843 e. The number of nitrogens with zero attached hydrogens (tertiary/aromatic N) is 1. The Morgan fingerprint density at radius 3 is 1.20 bits per heavy atom. The van der Waals surface area contributed by atoms with E-state index in [0.717, 1.165) is 0 Å². The number of rotatable bonds is 8. The van der Waals surface area contributed by atoms with Gasteiger partial charge in [-0.15, -0.1) is 0 Å². The summed E-state index contributed by atoms with van der Waals surface area (Å²) in [6, 6.07) is 0. The first-order chi connectivity index (χ1) is 7.07. The summed E-state index contributed by atoms with van der Waals surface area (Å²) < 4.78 is 1.30. The Bertz CT molecular complexity index is 120. The zero-order valence-corrected chi connectivity index (χ0v) is 11.9. The summed E-state index contributed by atoms with van der Waals surface area (Å²) in [7, 11) is 0. The fourth-order valence-electron chi connectivity index (χ4n) is 2.80. The van der Waals surface area contributed by atoms with Gasteiger partial charge in [0.15, 0.2) is 0 Å². The van der Waals surface area contributed by atoms with Crippen LogP contribution in [0.1, 0.15) is 60.8 Å². The number of quaternary nitrogens is 1. The summed E-state index contributed by atoms with van der Waals surface area (Å²) in [5.74, 6) is 0. The molecule has 0 unspecified atom stereocenters. The second kappa shape index (κ2) is 6.52. The molecule has 0 heterocycles. The predicted molar refractivity (Wildman–Crippen MR) is 70.1 cm³/mol. The maximum absolute atomic E-state index is 2.36. The monoisotopic (exact) mass is 214 g/mol. The van der Waals surface area contributed by atoms with E-state index < -0.39 is 0 Å². The van der Waals surface area contributed by atoms with Gasteiger partial charge in [0, 0.05) is 5.41 Å². The first-order valence-corrected chi connectivity index (χ1v) is 6.92. The molecule has 0 aliphatic carbocycles. The van der Waals surface area contributed by atoms with E-state index >= 15 is 0 Å². The molecule has 15 heavy (non-hydrogen) atoms. The van der Waals surface area contributed by atoms with Gasteiger partial charge in [-0.2, -0.15) is 0 Å². The van der Waals surface area contributed by atoms with Gasteiger partial charge in [-0.25, -0.2) is 0 Å². The molecule has 0 aromatic carbocycles. The van der Waals surface area contributed by atoms with Crippen LogP contribution in [0.2, 0.25) is 0 Å². The molecule has 0 bridgehead atoms. The van der Waals surface area contributed by atoms with E-state index in [-0.39, 0.29) is 0 Å². The molecule has 0 amide bonds. The highest BCUT2D eigenvalue weighted by Crippen LogP contribution is 2.33. The molecular weight excluding hydrogens is 182 g/mol. The van der Waals surface area contributed by atoms with E-state index in [9.17, 15) is 0 Å². The van der Waals surface area contributed by atoms with Crippen molar-refractivity contribution in [2.75, 3.05) is 26.2 Å². The van der Waals surface area contributed by atoms with Crippen LogP contribution in [-0.2, 0) is 0 Å². The minimum Gasteiger partial charge on any atom is -0.324 e. The van der Waals surface area contributed by atoms with Crippen molar-refractivity contribution >= 4 is 0 Å². The van der Waals surface area contributed by atoms with Crippen molar-refractivity contribution < 1.29 is 4.48 Å². The van der Waals surface area contributed by atoms with E-state index in [1.165, 1.54) is 49.9 Å². The highest BCUT2D eigenvalue weighted by atomic mass is 15.3. The molecule has 92 valence electrons. The van der Waals surface area contributed by atoms with Gasteiger partial charge >= 0.3 is 0 Å². The van der Waals surface area contributed by atoms with E-state index in [2.05, 4.69) is 41.5 Å². The van der Waals surface area contributed by atoms with Gasteiger partial charge in [0.25, 0.3) is 0 Å². The Morgan fingerprint density at radius 2 is 1.00 bits per heavy atom.